The number of rotatable bonds is 5. The average molecular weight is 329 g/mol. The van der Waals surface area contributed by atoms with Gasteiger partial charge < -0.3 is 10.1 Å². The number of ether oxygens (including phenoxy) is 1. The van der Waals surface area contributed by atoms with Crippen LogP contribution in [0.4, 0.5) is 0 Å². The summed E-state index contributed by atoms with van der Waals surface area (Å²) in [5.74, 6) is 0.327. The maximum atomic E-state index is 12.3. The normalized spacial score (nSPS) is 25.2. The second-order valence-corrected chi connectivity index (χ2v) is 6.71. The van der Waals surface area contributed by atoms with Gasteiger partial charge in [0.2, 0.25) is 0 Å². The van der Waals surface area contributed by atoms with Crippen molar-refractivity contribution in [3.8, 4) is 0 Å². The molecule has 2 rings (SSSR count). The zero-order chi connectivity index (χ0) is 17.5. The smallest absolute Gasteiger partial charge is 0.331 e. The van der Waals surface area contributed by atoms with E-state index < -0.39 is 12.1 Å². The van der Waals surface area contributed by atoms with Crippen LogP contribution in [0.15, 0.2) is 36.4 Å². The number of benzene rings is 1. The molecule has 0 aliphatic heterocycles. The SMILES string of the molecule is C[C@@H]1[C@H](C)CCC[C@@H]1NC(=O)[C@@H](C)OC(=O)/C=C/c1ccccc1. The summed E-state index contributed by atoms with van der Waals surface area (Å²) in [6, 6.07) is 9.66. The molecule has 1 amide bonds. The second kappa shape index (κ2) is 8.67. The Hall–Kier alpha value is -2.10. The van der Waals surface area contributed by atoms with E-state index in [4.69, 9.17) is 4.74 Å². The fourth-order valence-electron chi connectivity index (χ4n) is 3.08. The lowest BCUT2D eigenvalue weighted by Gasteiger charge is -2.35. The van der Waals surface area contributed by atoms with Crippen molar-refractivity contribution in [2.24, 2.45) is 11.8 Å². The van der Waals surface area contributed by atoms with Crippen molar-refractivity contribution in [2.45, 2.75) is 52.2 Å². The summed E-state index contributed by atoms with van der Waals surface area (Å²) in [4.78, 5) is 24.1. The van der Waals surface area contributed by atoms with Crippen molar-refractivity contribution in [3.63, 3.8) is 0 Å². The Kier molecular flexibility index (Phi) is 6.59. The largest absolute Gasteiger partial charge is 0.449 e. The van der Waals surface area contributed by atoms with Crippen LogP contribution in [0.2, 0.25) is 0 Å². The van der Waals surface area contributed by atoms with Crippen molar-refractivity contribution in [1.82, 2.24) is 5.32 Å². The highest BCUT2D eigenvalue weighted by Gasteiger charge is 2.29. The summed E-state index contributed by atoms with van der Waals surface area (Å²) in [7, 11) is 0. The minimum Gasteiger partial charge on any atom is -0.449 e. The highest BCUT2D eigenvalue weighted by molar-refractivity contribution is 5.90. The molecular formula is C20H27NO3. The molecule has 4 heteroatoms. The highest BCUT2D eigenvalue weighted by atomic mass is 16.5. The van der Waals surface area contributed by atoms with Gasteiger partial charge >= 0.3 is 5.97 Å². The Balaban J connectivity index is 1.82. The molecule has 1 aromatic carbocycles. The topological polar surface area (TPSA) is 55.4 Å². The maximum Gasteiger partial charge on any atom is 0.331 e. The third kappa shape index (κ3) is 5.22. The Morgan fingerprint density at radius 1 is 1.21 bits per heavy atom. The summed E-state index contributed by atoms with van der Waals surface area (Å²) in [5, 5.41) is 3.04. The number of amides is 1. The van der Waals surface area contributed by atoms with E-state index in [1.54, 1.807) is 13.0 Å². The first-order chi connectivity index (χ1) is 11.5. The Morgan fingerprint density at radius 2 is 1.92 bits per heavy atom. The Morgan fingerprint density at radius 3 is 2.62 bits per heavy atom. The third-order valence-corrected chi connectivity index (χ3v) is 4.91. The van der Waals surface area contributed by atoms with Gasteiger partial charge in [-0.05, 0) is 36.8 Å². The summed E-state index contributed by atoms with van der Waals surface area (Å²) in [5.41, 5.74) is 0.913. The molecule has 0 radical (unpaired) electrons. The molecule has 1 aromatic rings. The minimum absolute atomic E-state index is 0.169. The van der Waals surface area contributed by atoms with E-state index in [1.807, 2.05) is 30.3 Å². The van der Waals surface area contributed by atoms with Crippen LogP contribution in [0.1, 0.15) is 45.6 Å². The number of carbonyl (C=O) groups is 2. The fourth-order valence-corrected chi connectivity index (χ4v) is 3.08. The minimum atomic E-state index is -0.789. The molecule has 4 atom stereocenters. The van der Waals surface area contributed by atoms with Gasteiger partial charge in [-0.2, -0.15) is 0 Å². The Labute approximate surface area is 144 Å². The molecule has 1 aliphatic carbocycles. The van der Waals surface area contributed by atoms with Gasteiger partial charge in [-0.1, -0.05) is 57.0 Å². The molecule has 0 aromatic heterocycles. The summed E-state index contributed by atoms with van der Waals surface area (Å²) >= 11 is 0. The van der Waals surface area contributed by atoms with Crippen molar-refractivity contribution in [1.29, 1.82) is 0 Å². The molecule has 24 heavy (non-hydrogen) atoms. The van der Waals surface area contributed by atoms with Gasteiger partial charge in [-0.25, -0.2) is 4.79 Å². The molecule has 1 N–H and O–H groups in total. The highest BCUT2D eigenvalue weighted by Crippen LogP contribution is 2.29. The van der Waals surface area contributed by atoms with Gasteiger partial charge in [-0.3, -0.25) is 4.79 Å². The van der Waals surface area contributed by atoms with E-state index in [9.17, 15) is 9.59 Å². The van der Waals surface area contributed by atoms with Crippen LogP contribution in [-0.2, 0) is 14.3 Å². The fraction of sp³-hybridized carbons (Fsp3) is 0.500. The van der Waals surface area contributed by atoms with E-state index in [-0.39, 0.29) is 11.9 Å². The zero-order valence-corrected chi connectivity index (χ0v) is 14.7. The molecule has 0 spiro atoms. The van der Waals surface area contributed by atoms with Crippen LogP contribution in [-0.4, -0.2) is 24.0 Å². The summed E-state index contributed by atoms with van der Waals surface area (Å²) in [6.07, 6.45) is 5.57. The van der Waals surface area contributed by atoms with Gasteiger partial charge in [0.05, 0.1) is 0 Å². The maximum absolute atomic E-state index is 12.3. The monoisotopic (exact) mass is 329 g/mol. The van der Waals surface area contributed by atoms with Crippen LogP contribution in [0.25, 0.3) is 6.08 Å². The first-order valence-electron chi connectivity index (χ1n) is 8.71. The van der Waals surface area contributed by atoms with E-state index >= 15 is 0 Å². The van der Waals surface area contributed by atoms with Gasteiger partial charge in [0.1, 0.15) is 0 Å². The molecule has 0 heterocycles. The van der Waals surface area contributed by atoms with E-state index in [1.165, 1.54) is 12.5 Å². The standard InChI is InChI=1S/C20H27NO3/c1-14-8-7-11-18(15(14)2)21-20(23)16(3)24-19(22)13-12-17-9-5-4-6-10-17/h4-6,9-10,12-16,18H,7-8,11H2,1-3H3,(H,21,23)/b13-12+/t14-,15-,16-,18+/m1/s1. The second-order valence-electron chi connectivity index (χ2n) is 6.71. The van der Waals surface area contributed by atoms with Crippen LogP contribution < -0.4 is 5.32 Å². The van der Waals surface area contributed by atoms with Crippen molar-refractivity contribution in [2.75, 3.05) is 0 Å². The molecular weight excluding hydrogens is 302 g/mol. The van der Waals surface area contributed by atoms with Crippen LogP contribution in [0, 0.1) is 11.8 Å². The molecule has 1 saturated carbocycles. The van der Waals surface area contributed by atoms with Gasteiger partial charge in [0.15, 0.2) is 6.10 Å². The number of esters is 1. The number of hydrogen-bond donors (Lipinski definition) is 1. The molecule has 0 bridgehead atoms. The lowest BCUT2D eigenvalue weighted by molar-refractivity contribution is -0.150. The molecule has 130 valence electrons. The molecule has 0 saturated heterocycles. The first kappa shape index (κ1) is 18.2. The van der Waals surface area contributed by atoms with Crippen LogP contribution in [0.3, 0.4) is 0 Å². The van der Waals surface area contributed by atoms with Gasteiger partial charge in [0.25, 0.3) is 5.91 Å². The van der Waals surface area contributed by atoms with Gasteiger partial charge in [0, 0.05) is 12.1 Å². The Bertz CT molecular complexity index is 582. The first-order valence-corrected chi connectivity index (χ1v) is 8.71. The van der Waals surface area contributed by atoms with E-state index in [0.717, 1.165) is 18.4 Å². The lowest BCUT2D eigenvalue weighted by atomic mass is 9.78. The average Bonchev–Trinajstić information content (AvgIpc) is 2.58. The molecule has 4 nitrogen and oxygen atoms in total. The summed E-state index contributed by atoms with van der Waals surface area (Å²) in [6.45, 7) is 6.01. The third-order valence-electron chi connectivity index (χ3n) is 4.91. The lowest BCUT2D eigenvalue weighted by Crippen LogP contribution is -2.47. The number of carbonyl (C=O) groups excluding carboxylic acids is 2. The predicted molar refractivity (Wildman–Crippen MR) is 95.1 cm³/mol. The quantitative estimate of drug-likeness (QED) is 0.664. The van der Waals surface area contributed by atoms with Crippen molar-refractivity contribution in [3.05, 3.63) is 42.0 Å². The van der Waals surface area contributed by atoms with Crippen molar-refractivity contribution < 1.29 is 14.3 Å². The van der Waals surface area contributed by atoms with Crippen LogP contribution >= 0.6 is 0 Å². The number of hydrogen-bond acceptors (Lipinski definition) is 3. The molecule has 0 unspecified atom stereocenters. The molecule has 1 fully saturated rings. The molecule has 1 aliphatic rings. The van der Waals surface area contributed by atoms with Crippen LogP contribution in [0.5, 0.6) is 0 Å². The van der Waals surface area contributed by atoms with E-state index in [0.29, 0.717) is 11.8 Å². The van der Waals surface area contributed by atoms with Crippen molar-refractivity contribution >= 4 is 18.0 Å². The van der Waals surface area contributed by atoms with Gasteiger partial charge in [-0.15, -0.1) is 0 Å². The zero-order valence-electron chi connectivity index (χ0n) is 14.7. The number of nitrogens with one attached hydrogen (secondary N) is 1. The van der Waals surface area contributed by atoms with E-state index in [2.05, 4.69) is 19.2 Å². The predicted octanol–water partition coefficient (Wildman–Crippen LogP) is 3.57. The summed E-state index contributed by atoms with van der Waals surface area (Å²) < 4.78 is 5.20.